The van der Waals surface area contributed by atoms with Crippen LogP contribution in [0.1, 0.15) is 64.7 Å². The first-order valence-corrected chi connectivity index (χ1v) is 8.32. The van der Waals surface area contributed by atoms with E-state index in [0.717, 1.165) is 25.7 Å². The number of hydrogen-bond donors (Lipinski definition) is 1. The number of carbonyl (C=O) groups excluding carboxylic acids is 1. The molecule has 126 valence electrons. The molecule has 0 bridgehead atoms. The first-order chi connectivity index (χ1) is 10.5. The van der Waals surface area contributed by atoms with Gasteiger partial charge in [0.05, 0.1) is 5.57 Å². The highest BCUT2D eigenvalue weighted by molar-refractivity contribution is 5.92. The molecule has 4 heteroatoms. The molecule has 22 heavy (non-hydrogen) atoms. The summed E-state index contributed by atoms with van der Waals surface area (Å²) >= 11 is 0. The zero-order valence-electron chi connectivity index (χ0n) is 14.0. The van der Waals surface area contributed by atoms with Crippen molar-refractivity contribution in [3.63, 3.8) is 0 Å². The number of cyclic esters (lactones) is 1. The van der Waals surface area contributed by atoms with Crippen molar-refractivity contribution in [1.29, 1.82) is 0 Å². The van der Waals surface area contributed by atoms with E-state index in [0.29, 0.717) is 5.57 Å². The highest BCUT2D eigenvalue weighted by atomic mass is 16.7. The van der Waals surface area contributed by atoms with Crippen LogP contribution in [0.3, 0.4) is 0 Å². The summed E-state index contributed by atoms with van der Waals surface area (Å²) in [5, 5.41) is 10.1. The Hall–Kier alpha value is -1.13. The van der Waals surface area contributed by atoms with Gasteiger partial charge >= 0.3 is 5.97 Å². The van der Waals surface area contributed by atoms with E-state index in [1.165, 1.54) is 39.2 Å². The van der Waals surface area contributed by atoms with Crippen LogP contribution in [-0.4, -0.2) is 30.1 Å². The number of aliphatic hydroxyl groups excluding tert-OH is 1. The van der Waals surface area contributed by atoms with Gasteiger partial charge in [-0.2, -0.15) is 0 Å². The fourth-order valence-corrected chi connectivity index (χ4v) is 2.62. The third-order valence-electron chi connectivity index (χ3n) is 4.20. The maximum Gasteiger partial charge on any atom is 0.339 e. The van der Waals surface area contributed by atoms with E-state index in [9.17, 15) is 9.90 Å². The van der Waals surface area contributed by atoms with Crippen molar-refractivity contribution in [3.05, 3.63) is 24.3 Å². The summed E-state index contributed by atoms with van der Waals surface area (Å²) in [6, 6.07) is 0. The van der Waals surface area contributed by atoms with E-state index in [2.05, 4.69) is 6.58 Å². The molecule has 2 atom stereocenters. The molecule has 1 heterocycles. The molecule has 0 aromatic carbocycles. The molecule has 0 saturated carbocycles. The Balaban J connectivity index is 2.16. The summed E-state index contributed by atoms with van der Waals surface area (Å²) in [7, 11) is 1.43. The monoisotopic (exact) mass is 310 g/mol. The Morgan fingerprint density at radius 2 is 1.73 bits per heavy atom. The van der Waals surface area contributed by atoms with Gasteiger partial charge in [0.25, 0.3) is 0 Å². The molecule has 0 spiro atoms. The average Bonchev–Trinajstić information content (AvgIpc) is 2.72. The molecule has 4 nitrogen and oxygen atoms in total. The minimum Gasteiger partial charge on any atom is -0.427 e. The van der Waals surface area contributed by atoms with E-state index >= 15 is 0 Å². The number of carbonyl (C=O) groups is 1. The summed E-state index contributed by atoms with van der Waals surface area (Å²) in [6.07, 6.45) is 13.1. The second-order valence-electron chi connectivity index (χ2n) is 6.01. The SMILES string of the molecule is C=CCCCCCCCCCC=C1C(=O)OC(C)(OC)C1O. The standard InChI is InChI=1S/C18H30O4/c1-4-5-6-7-8-9-10-11-12-13-14-15-16(19)18(2,21-3)22-17(15)20/h4,14,16,19H,1,5-13H2,2-3H3. The van der Waals surface area contributed by atoms with Crippen molar-refractivity contribution in [2.45, 2.75) is 76.6 Å². The predicted molar refractivity (Wildman–Crippen MR) is 87.3 cm³/mol. The van der Waals surface area contributed by atoms with Gasteiger partial charge in [-0.05, 0) is 25.7 Å². The number of esters is 1. The lowest BCUT2D eigenvalue weighted by Gasteiger charge is -2.23. The molecule has 0 radical (unpaired) electrons. The maximum atomic E-state index is 11.7. The smallest absolute Gasteiger partial charge is 0.339 e. The van der Waals surface area contributed by atoms with Crippen LogP contribution in [-0.2, 0) is 14.3 Å². The maximum absolute atomic E-state index is 11.7. The third kappa shape index (κ3) is 5.58. The lowest BCUT2D eigenvalue weighted by atomic mass is 10.0. The zero-order chi connectivity index (χ0) is 16.4. The van der Waals surface area contributed by atoms with Crippen LogP contribution in [0.2, 0.25) is 0 Å². The van der Waals surface area contributed by atoms with Crippen molar-refractivity contribution in [3.8, 4) is 0 Å². The number of unbranched alkanes of at least 4 members (excludes halogenated alkanes) is 8. The molecule has 0 aromatic heterocycles. The quantitative estimate of drug-likeness (QED) is 0.272. The number of hydrogen-bond acceptors (Lipinski definition) is 4. The van der Waals surface area contributed by atoms with Crippen LogP contribution in [0.4, 0.5) is 0 Å². The fraction of sp³-hybridized carbons (Fsp3) is 0.722. The van der Waals surface area contributed by atoms with Crippen molar-refractivity contribution in [1.82, 2.24) is 0 Å². The van der Waals surface area contributed by atoms with Crippen molar-refractivity contribution >= 4 is 5.97 Å². The molecular formula is C18H30O4. The van der Waals surface area contributed by atoms with Crippen molar-refractivity contribution in [2.75, 3.05) is 7.11 Å². The summed E-state index contributed by atoms with van der Waals surface area (Å²) < 4.78 is 10.1. The van der Waals surface area contributed by atoms with Crippen LogP contribution in [0.15, 0.2) is 24.3 Å². The Kier molecular flexibility index (Phi) is 8.43. The van der Waals surface area contributed by atoms with Gasteiger partial charge in [0.1, 0.15) is 0 Å². The van der Waals surface area contributed by atoms with Gasteiger partial charge in [0, 0.05) is 14.0 Å². The van der Waals surface area contributed by atoms with Gasteiger partial charge in [-0.3, -0.25) is 0 Å². The van der Waals surface area contributed by atoms with E-state index < -0.39 is 17.9 Å². The number of allylic oxidation sites excluding steroid dienone is 2. The summed E-state index contributed by atoms with van der Waals surface area (Å²) in [4.78, 5) is 11.7. The molecule has 1 rings (SSSR count). The second kappa shape index (κ2) is 9.80. The molecular weight excluding hydrogens is 280 g/mol. The summed E-state index contributed by atoms with van der Waals surface area (Å²) in [6.45, 7) is 5.29. The molecule has 0 aromatic rings. The number of aliphatic hydroxyl groups is 1. The molecule has 1 fully saturated rings. The number of rotatable bonds is 11. The van der Waals surface area contributed by atoms with Gasteiger partial charge < -0.3 is 14.6 Å². The minimum atomic E-state index is -1.24. The topological polar surface area (TPSA) is 55.8 Å². The Labute approximate surface area is 134 Å². The van der Waals surface area contributed by atoms with E-state index in [4.69, 9.17) is 9.47 Å². The van der Waals surface area contributed by atoms with Gasteiger partial charge in [0.2, 0.25) is 5.79 Å². The highest BCUT2D eigenvalue weighted by Crippen LogP contribution is 2.31. The second-order valence-corrected chi connectivity index (χ2v) is 6.01. The predicted octanol–water partition coefficient (Wildman–Crippen LogP) is 3.89. The largest absolute Gasteiger partial charge is 0.427 e. The van der Waals surface area contributed by atoms with Gasteiger partial charge in [-0.25, -0.2) is 4.79 Å². The Morgan fingerprint density at radius 3 is 2.23 bits per heavy atom. The summed E-state index contributed by atoms with van der Waals surface area (Å²) in [5.41, 5.74) is 0.328. The first-order valence-electron chi connectivity index (χ1n) is 8.32. The molecule has 1 aliphatic heterocycles. The average molecular weight is 310 g/mol. The Bertz CT molecular complexity index is 389. The Morgan fingerprint density at radius 1 is 1.18 bits per heavy atom. The first kappa shape index (κ1) is 18.9. The van der Waals surface area contributed by atoms with Crippen LogP contribution in [0.25, 0.3) is 0 Å². The van der Waals surface area contributed by atoms with Gasteiger partial charge in [-0.1, -0.05) is 44.3 Å². The molecule has 1 saturated heterocycles. The summed E-state index contributed by atoms with van der Waals surface area (Å²) in [5.74, 6) is -1.71. The molecule has 1 N–H and O–H groups in total. The minimum absolute atomic E-state index is 0.328. The normalized spacial score (nSPS) is 26.4. The van der Waals surface area contributed by atoms with Crippen LogP contribution < -0.4 is 0 Å². The molecule has 2 unspecified atom stereocenters. The number of ether oxygens (including phenoxy) is 2. The lowest BCUT2D eigenvalue weighted by molar-refractivity contribution is -0.218. The van der Waals surface area contributed by atoms with Crippen LogP contribution in [0, 0.1) is 0 Å². The van der Waals surface area contributed by atoms with Gasteiger partial charge in [-0.15, -0.1) is 6.58 Å². The zero-order valence-corrected chi connectivity index (χ0v) is 14.0. The van der Waals surface area contributed by atoms with Crippen LogP contribution in [0.5, 0.6) is 0 Å². The van der Waals surface area contributed by atoms with Crippen molar-refractivity contribution < 1.29 is 19.4 Å². The van der Waals surface area contributed by atoms with E-state index in [-0.39, 0.29) is 0 Å². The van der Waals surface area contributed by atoms with E-state index in [1.54, 1.807) is 13.0 Å². The molecule has 0 amide bonds. The lowest BCUT2D eigenvalue weighted by Crippen LogP contribution is -2.38. The molecule has 0 aliphatic carbocycles. The number of methoxy groups -OCH3 is 1. The van der Waals surface area contributed by atoms with Crippen molar-refractivity contribution in [2.24, 2.45) is 0 Å². The third-order valence-corrected chi connectivity index (χ3v) is 4.20. The highest BCUT2D eigenvalue weighted by Gasteiger charge is 2.48. The van der Waals surface area contributed by atoms with Crippen LogP contribution >= 0.6 is 0 Å². The van der Waals surface area contributed by atoms with E-state index in [1.807, 2.05) is 6.08 Å². The molecule has 1 aliphatic rings. The van der Waals surface area contributed by atoms with Gasteiger partial charge in [0.15, 0.2) is 6.10 Å². The fourth-order valence-electron chi connectivity index (χ4n) is 2.62.